The zero-order valence-corrected chi connectivity index (χ0v) is 6.20. The zero-order chi connectivity index (χ0) is 8.32. The van der Waals surface area contributed by atoms with Crippen molar-refractivity contribution in [2.24, 2.45) is 0 Å². The molecule has 1 saturated heterocycles. The number of carbonyl (C=O) groups is 1. The lowest BCUT2D eigenvalue weighted by Crippen LogP contribution is -2.30. The first-order valence-corrected chi connectivity index (χ1v) is 3.43. The summed E-state index contributed by atoms with van der Waals surface area (Å²) in [5.74, 6) is -1.78. The third-order valence-corrected chi connectivity index (χ3v) is 1.50. The molecule has 0 bridgehead atoms. The van der Waals surface area contributed by atoms with Crippen LogP contribution in [0.3, 0.4) is 0 Å². The van der Waals surface area contributed by atoms with Gasteiger partial charge in [-0.3, -0.25) is 4.89 Å². The molecule has 1 atom stereocenters. The first-order valence-electron chi connectivity index (χ1n) is 3.43. The van der Waals surface area contributed by atoms with Gasteiger partial charge in [0.1, 0.15) is 6.42 Å². The number of hydrogen-bond acceptors (Lipinski definition) is 5. The molecule has 11 heavy (non-hydrogen) atoms. The van der Waals surface area contributed by atoms with Crippen LogP contribution in [-0.4, -0.2) is 17.0 Å². The van der Waals surface area contributed by atoms with E-state index in [9.17, 15) is 4.79 Å². The van der Waals surface area contributed by atoms with Crippen LogP contribution in [0.4, 0.5) is 0 Å². The molecule has 1 aliphatic heterocycles. The van der Waals surface area contributed by atoms with E-state index in [0.29, 0.717) is 6.42 Å². The van der Waals surface area contributed by atoms with Gasteiger partial charge in [0.15, 0.2) is 0 Å². The van der Waals surface area contributed by atoms with Crippen LogP contribution in [0.15, 0.2) is 0 Å². The Labute approximate surface area is 63.7 Å². The minimum absolute atomic E-state index is 0.0582. The van der Waals surface area contributed by atoms with E-state index in [4.69, 9.17) is 5.26 Å². The summed E-state index contributed by atoms with van der Waals surface area (Å²) < 4.78 is 0. The van der Waals surface area contributed by atoms with Crippen LogP contribution in [0.1, 0.15) is 26.2 Å². The largest absolute Gasteiger partial charge is 0.348 e. The molecule has 0 aromatic carbocycles. The minimum Gasteiger partial charge on any atom is -0.295 e. The average Bonchev–Trinajstić information content (AvgIpc) is 2.34. The van der Waals surface area contributed by atoms with Crippen molar-refractivity contribution in [3.63, 3.8) is 0 Å². The Bertz CT molecular complexity index is 157. The lowest BCUT2D eigenvalue weighted by molar-refractivity contribution is -0.460. The van der Waals surface area contributed by atoms with Crippen LogP contribution in [0.25, 0.3) is 0 Å². The summed E-state index contributed by atoms with van der Waals surface area (Å²) in [5.41, 5.74) is 0. The Morgan fingerprint density at radius 2 is 2.55 bits per heavy atom. The minimum atomic E-state index is -1.26. The van der Waals surface area contributed by atoms with Crippen molar-refractivity contribution < 1.29 is 24.7 Å². The molecule has 0 aromatic rings. The van der Waals surface area contributed by atoms with E-state index < -0.39 is 11.8 Å². The van der Waals surface area contributed by atoms with Crippen LogP contribution >= 0.6 is 0 Å². The molecule has 0 aliphatic carbocycles. The van der Waals surface area contributed by atoms with Crippen molar-refractivity contribution in [3.05, 3.63) is 0 Å². The summed E-state index contributed by atoms with van der Waals surface area (Å²) in [7, 11) is 0. The third-order valence-electron chi connectivity index (χ3n) is 1.50. The molecule has 0 amide bonds. The maximum Gasteiger partial charge on any atom is 0.348 e. The molecular weight excluding hydrogens is 152 g/mol. The molecule has 0 radical (unpaired) electrons. The molecule has 1 aliphatic rings. The molecule has 0 saturated carbocycles. The summed E-state index contributed by atoms with van der Waals surface area (Å²) in [6, 6.07) is 0. The molecule has 1 unspecified atom stereocenters. The monoisotopic (exact) mass is 162 g/mol. The first-order chi connectivity index (χ1) is 5.22. The van der Waals surface area contributed by atoms with Crippen molar-refractivity contribution in [2.75, 3.05) is 0 Å². The molecule has 1 fully saturated rings. The second-order valence-corrected chi connectivity index (χ2v) is 2.47. The molecule has 1 N–H and O–H groups in total. The maximum atomic E-state index is 10.6. The Hall–Kier alpha value is -0.650. The zero-order valence-electron chi connectivity index (χ0n) is 6.20. The van der Waals surface area contributed by atoms with Gasteiger partial charge < -0.3 is 0 Å². The van der Waals surface area contributed by atoms with E-state index in [0.717, 1.165) is 6.42 Å². The quantitative estimate of drug-likeness (QED) is 0.492. The van der Waals surface area contributed by atoms with Crippen molar-refractivity contribution in [1.82, 2.24) is 0 Å². The Balaban J connectivity index is 2.54. The Kier molecular flexibility index (Phi) is 2.43. The highest BCUT2D eigenvalue weighted by Crippen LogP contribution is 2.29. The molecule has 5 nitrogen and oxygen atoms in total. The highest BCUT2D eigenvalue weighted by Gasteiger charge is 2.44. The molecule has 1 rings (SSSR count). The van der Waals surface area contributed by atoms with Gasteiger partial charge >= 0.3 is 5.97 Å². The van der Waals surface area contributed by atoms with E-state index in [1.54, 1.807) is 0 Å². The normalized spacial score (nSPS) is 30.5. The van der Waals surface area contributed by atoms with Gasteiger partial charge in [-0.15, -0.1) is 4.89 Å². The van der Waals surface area contributed by atoms with Crippen molar-refractivity contribution >= 4 is 5.97 Å². The van der Waals surface area contributed by atoms with Gasteiger partial charge in [0.05, 0.1) is 0 Å². The number of rotatable bonds is 3. The standard InChI is InChI=1S/C6H10O5/c1-2-3-6(10-8)4-5(7)9-11-6/h8H,2-4H2,1H3. The highest BCUT2D eigenvalue weighted by atomic mass is 17.3. The molecule has 1 heterocycles. The van der Waals surface area contributed by atoms with Gasteiger partial charge in [-0.05, 0) is 0 Å². The molecular formula is C6H10O5. The maximum absolute atomic E-state index is 10.6. The lowest BCUT2D eigenvalue weighted by Gasteiger charge is -2.17. The van der Waals surface area contributed by atoms with E-state index in [2.05, 4.69) is 14.7 Å². The van der Waals surface area contributed by atoms with E-state index in [-0.39, 0.29) is 6.42 Å². The van der Waals surface area contributed by atoms with E-state index in [1.807, 2.05) is 6.92 Å². The predicted molar refractivity (Wildman–Crippen MR) is 33.1 cm³/mol. The second kappa shape index (κ2) is 3.17. The van der Waals surface area contributed by atoms with Gasteiger partial charge in [0.25, 0.3) is 5.79 Å². The fraction of sp³-hybridized carbons (Fsp3) is 0.833. The van der Waals surface area contributed by atoms with Crippen LogP contribution in [0, 0.1) is 0 Å². The van der Waals surface area contributed by atoms with Crippen molar-refractivity contribution in [3.8, 4) is 0 Å². The van der Waals surface area contributed by atoms with Gasteiger partial charge in [-0.2, -0.15) is 4.89 Å². The van der Waals surface area contributed by atoms with Crippen LogP contribution < -0.4 is 0 Å². The fourth-order valence-corrected chi connectivity index (χ4v) is 1.01. The van der Waals surface area contributed by atoms with E-state index in [1.165, 1.54) is 0 Å². The summed E-state index contributed by atoms with van der Waals surface area (Å²) in [5, 5.41) is 8.41. The number of hydrogen-bond donors (Lipinski definition) is 1. The Morgan fingerprint density at radius 3 is 2.91 bits per heavy atom. The summed E-state index contributed by atoms with van der Waals surface area (Å²) >= 11 is 0. The Morgan fingerprint density at radius 1 is 1.82 bits per heavy atom. The van der Waals surface area contributed by atoms with Crippen molar-refractivity contribution in [1.29, 1.82) is 0 Å². The third kappa shape index (κ3) is 1.68. The summed E-state index contributed by atoms with van der Waals surface area (Å²) in [4.78, 5) is 23.3. The van der Waals surface area contributed by atoms with E-state index >= 15 is 0 Å². The molecule has 0 aromatic heterocycles. The van der Waals surface area contributed by atoms with Gasteiger partial charge in [-0.25, -0.2) is 10.1 Å². The lowest BCUT2D eigenvalue weighted by atomic mass is 10.1. The SMILES string of the molecule is CCCC1(OO)CC(=O)OO1. The summed E-state index contributed by atoms with van der Waals surface area (Å²) in [6.07, 6.45) is 1.10. The fourth-order valence-electron chi connectivity index (χ4n) is 1.01. The predicted octanol–water partition coefficient (Wildman–Crippen LogP) is 0.851. The van der Waals surface area contributed by atoms with Crippen LogP contribution in [0.2, 0.25) is 0 Å². The molecule has 5 heteroatoms. The molecule has 64 valence electrons. The van der Waals surface area contributed by atoms with Gasteiger partial charge in [0, 0.05) is 6.42 Å². The van der Waals surface area contributed by atoms with Crippen LogP contribution in [-0.2, 0) is 19.5 Å². The topological polar surface area (TPSA) is 65.0 Å². The summed E-state index contributed by atoms with van der Waals surface area (Å²) in [6.45, 7) is 1.88. The van der Waals surface area contributed by atoms with Crippen LogP contribution in [0.5, 0.6) is 0 Å². The molecule has 0 spiro atoms. The smallest absolute Gasteiger partial charge is 0.295 e. The van der Waals surface area contributed by atoms with Crippen molar-refractivity contribution in [2.45, 2.75) is 32.0 Å². The highest BCUT2D eigenvalue weighted by molar-refractivity contribution is 5.71. The first kappa shape index (κ1) is 8.45. The number of carbonyl (C=O) groups excluding carboxylic acids is 1. The second-order valence-electron chi connectivity index (χ2n) is 2.47. The average molecular weight is 162 g/mol. The van der Waals surface area contributed by atoms with Gasteiger partial charge in [-0.1, -0.05) is 13.3 Å². The van der Waals surface area contributed by atoms with Gasteiger partial charge in [0.2, 0.25) is 0 Å².